The molecule has 0 spiro atoms. The third-order valence-corrected chi connectivity index (χ3v) is 4.30. The largest absolute Gasteiger partial charge is 0.424 e. The van der Waals surface area contributed by atoms with Gasteiger partial charge in [0.05, 0.1) is 19.4 Å². The lowest BCUT2D eigenvalue weighted by atomic mass is 10.2. The van der Waals surface area contributed by atoms with Crippen LogP contribution >= 0.6 is 6.72 Å². The van der Waals surface area contributed by atoms with Gasteiger partial charge >= 0.3 is 6.72 Å². The summed E-state index contributed by atoms with van der Waals surface area (Å²) in [7, 11) is 0. The van der Waals surface area contributed by atoms with Crippen molar-refractivity contribution >= 4 is 24.7 Å². The summed E-state index contributed by atoms with van der Waals surface area (Å²) >= 11 is 5.25. The fourth-order valence-electron chi connectivity index (χ4n) is 1.25. The zero-order valence-electron chi connectivity index (χ0n) is 10.3. The zero-order chi connectivity index (χ0) is 13.4. The normalized spacial score (nSPS) is 11.9. The average Bonchev–Trinajstić information content (AvgIpc) is 2.30. The van der Waals surface area contributed by atoms with E-state index in [1.165, 1.54) is 6.21 Å². The fourth-order valence-corrected chi connectivity index (χ4v) is 3.33. The van der Waals surface area contributed by atoms with E-state index in [1.807, 2.05) is 13.8 Å². The van der Waals surface area contributed by atoms with E-state index >= 15 is 0 Å². The Morgan fingerprint density at radius 2 is 2.00 bits per heavy atom. The monoisotopic (exact) mass is 289 g/mol. The first-order valence-electron chi connectivity index (χ1n) is 5.49. The molecule has 0 bridgehead atoms. The van der Waals surface area contributed by atoms with Crippen LogP contribution in [0, 0.1) is 0 Å². The van der Waals surface area contributed by atoms with E-state index in [0.29, 0.717) is 24.5 Å². The molecule has 1 N–H and O–H groups in total. The molecule has 0 aromatic heterocycles. The molecule has 0 atom stereocenters. The Morgan fingerprint density at radius 1 is 1.33 bits per heavy atom. The summed E-state index contributed by atoms with van der Waals surface area (Å²) < 4.78 is 16.4. The molecule has 100 valence electrons. The van der Waals surface area contributed by atoms with Crippen LogP contribution in [0.5, 0.6) is 5.75 Å². The Balaban J connectivity index is 2.86. The van der Waals surface area contributed by atoms with Gasteiger partial charge in [-0.05, 0) is 31.5 Å². The van der Waals surface area contributed by atoms with Gasteiger partial charge in [-0.25, -0.2) is 0 Å². The van der Waals surface area contributed by atoms with E-state index in [-0.39, 0.29) is 0 Å². The van der Waals surface area contributed by atoms with Crippen LogP contribution in [-0.2, 0) is 20.9 Å². The summed E-state index contributed by atoms with van der Waals surface area (Å²) in [5.41, 5.74) is 0.699. The lowest BCUT2D eigenvalue weighted by molar-refractivity contribution is 0.218. The van der Waals surface area contributed by atoms with Crippen molar-refractivity contribution in [3.63, 3.8) is 0 Å². The molecule has 0 aliphatic carbocycles. The second kappa shape index (κ2) is 7.48. The third kappa shape index (κ3) is 4.74. The highest BCUT2D eigenvalue weighted by Crippen LogP contribution is 2.49. The molecule has 0 aliphatic heterocycles. The smallest absolute Gasteiger partial charge is 0.380 e. The molecule has 0 heterocycles. The van der Waals surface area contributed by atoms with Crippen LogP contribution in [0.1, 0.15) is 19.4 Å². The van der Waals surface area contributed by atoms with E-state index in [0.717, 1.165) is 0 Å². The van der Waals surface area contributed by atoms with Gasteiger partial charge in [0.25, 0.3) is 0 Å². The first-order chi connectivity index (χ1) is 8.63. The summed E-state index contributed by atoms with van der Waals surface area (Å²) in [6, 6.07) is 6.98. The number of benzene rings is 1. The van der Waals surface area contributed by atoms with Gasteiger partial charge in [-0.3, -0.25) is 9.05 Å². The van der Waals surface area contributed by atoms with Crippen molar-refractivity contribution in [3.8, 4) is 5.75 Å². The van der Waals surface area contributed by atoms with Gasteiger partial charge in [-0.1, -0.05) is 17.3 Å². The quantitative estimate of drug-likeness (QED) is 0.361. The van der Waals surface area contributed by atoms with Crippen LogP contribution in [-0.4, -0.2) is 24.6 Å². The minimum Gasteiger partial charge on any atom is -0.424 e. The highest BCUT2D eigenvalue weighted by atomic mass is 32.5. The van der Waals surface area contributed by atoms with Crippen LogP contribution in [0.15, 0.2) is 29.4 Å². The topological polar surface area (TPSA) is 60.3 Å². The maximum atomic E-state index is 8.48. The number of nitrogens with zero attached hydrogens (tertiary/aromatic N) is 1. The van der Waals surface area contributed by atoms with E-state index in [1.54, 1.807) is 24.3 Å². The predicted octanol–water partition coefficient (Wildman–Crippen LogP) is 3.17. The van der Waals surface area contributed by atoms with Crippen molar-refractivity contribution < 1.29 is 18.8 Å². The number of hydrogen-bond donors (Lipinski definition) is 1. The molecule has 0 aliphatic rings. The van der Waals surface area contributed by atoms with Gasteiger partial charge in [0.2, 0.25) is 0 Å². The van der Waals surface area contributed by atoms with Crippen LogP contribution in [0.4, 0.5) is 0 Å². The second-order valence-electron chi connectivity index (χ2n) is 3.19. The van der Waals surface area contributed by atoms with Gasteiger partial charge < -0.3 is 9.73 Å². The minimum absolute atomic E-state index is 0.426. The lowest BCUT2D eigenvalue weighted by Gasteiger charge is -2.21. The van der Waals surface area contributed by atoms with Gasteiger partial charge in [-0.15, -0.1) is 0 Å². The molecule has 0 unspecified atom stereocenters. The Kier molecular flexibility index (Phi) is 6.29. The van der Waals surface area contributed by atoms with E-state index in [9.17, 15) is 0 Å². The zero-order valence-corrected chi connectivity index (χ0v) is 12.0. The highest BCUT2D eigenvalue weighted by molar-refractivity contribution is 8.07. The van der Waals surface area contributed by atoms with E-state index in [4.69, 9.17) is 30.6 Å². The second-order valence-corrected chi connectivity index (χ2v) is 6.13. The van der Waals surface area contributed by atoms with Crippen LogP contribution in [0.25, 0.3) is 0 Å². The summed E-state index contributed by atoms with van der Waals surface area (Å²) in [5, 5.41) is 11.4. The Labute approximate surface area is 112 Å². The molecule has 0 fully saturated rings. The maximum absolute atomic E-state index is 8.48. The van der Waals surface area contributed by atoms with Crippen molar-refractivity contribution in [1.82, 2.24) is 0 Å². The summed E-state index contributed by atoms with van der Waals surface area (Å²) in [6.45, 7) is 1.76. The first kappa shape index (κ1) is 15.1. The molecular formula is C11H16NO4PS. The molecule has 0 amide bonds. The fraction of sp³-hybridized carbons (Fsp3) is 0.364. The van der Waals surface area contributed by atoms with Gasteiger partial charge in [0.15, 0.2) is 0 Å². The van der Waals surface area contributed by atoms with E-state index < -0.39 is 6.72 Å². The van der Waals surface area contributed by atoms with Crippen molar-refractivity contribution in [2.24, 2.45) is 5.16 Å². The average molecular weight is 289 g/mol. The highest BCUT2D eigenvalue weighted by Gasteiger charge is 2.21. The van der Waals surface area contributed by atoms with Crippen LogP contribution in [0.3, 0.4) is 0 Å². The third-order valence-electron chi connectivity index (χ3n) is 1.86. The molecular weight excluding hydrogens is 273 g/mol. The summed E-state index contributed by atoms with van der Waals surface area (Å²) in [4.78, 5) is 0. The first-order valence-corrected chi connectivity index (χ1v) is 8.05. The minimum atomic E-state index is -2.75. The van der Waals surface area contributed by atoms with Crippen LogP contribution in [0.2, 0.25) is 0 Å². The standard InChI is InChI=1S/C11H16NO4PS/c1-3-14-17(18,15-4-2)16-11-7-5-6-10(8-11)9-12-13/h5-9,13H,3-4H2,1-2H3. The lowest BCUT2D eigenvalue weighted by Crippen LogP contribution is -2.02. The predicted molar refractivity (Wildman–Crippen MR) is 74.0 cm³/mol. The molecule has 0 saturated heterocycles. The van der Waals surface area contributed by atoms with Crippen LogP contribution < -0.4 is 4.52 Å². The van der Waals surface area contributed by atoms with Crippen molar-refractivity contribution in [3.05, 3.63) is 29.8 Å². The summed E-state index contributed by atoms with van der Waals surface area (Å²) in [5.74, 6) is 0.526. The molecule has 7 heteroatoms. The molecule has 18 heavy (non-hydrogen) atoms. The Bertz CT molecular complexity index is 442. The molecule has 1 aromatic rings. The van der Waals surface area contributed by atoms with Gasteiger partial charge in [0, 0.05) is 11.8 Å². The number of hydrogen-bond acceptors (Lipinski definition) is 6. The molecule has 5 nitrogen and oxygen atoms in total. The van der Waals surface area contributed by atoms with Crippen molar-refractivity contribution in [2.75, 3.05) is 13.2 Å². The molecule has 0 saturated carbocycles. The SMILES string of the molecule is CCOP(=S)(OCC)Oc1cccc(C=NO)c1. The van der Waals surface area contributed by atoms with Crippen molar-refractivity contribution in [1.29, 1.82) is 0 Å². The molecule has 1 aromatic carbocycles. The summed E-state index contributed by atoms with van der Waals surface area (Å²) in [6.07, 6.45) is 1.30. The molecule has 1 rings (SSSR count). The van der Waals surface area contributed by atoms with Gasteiger partial charge in [-0.2, -0.15) is 0 Å². The molecule has 0 radical (unpaired) electrons. The number of oxime groups is 1. The number of rotatable bonds is 7. The van der Waals surface area contributed by atoms with Gasteiger partial charge in [0.1, 0.15) is 5.75 Å². The van der Waals surface area contributed by atoms with Crippen molar-refractivity contribution in [2.45, 2.75) is 13.8 Å². The Hall–Kier alpha value is -0.940. The Morgan fingerprint density at radius 3 is 2.56 bits per heavy atom. The maximum Gasteiger partial charge on any atom is 0.380 e. The van der Waals surface area contributed by atoms with E-state index in [2.05, 4.69) is 5.16 Å².